The summed E-state index contributed by atoms with van der Waals surface area (Å²) in [7, 11) is 0. The number of carbonyl (C=O) groups is 1. The molecule has 0 radical (unpaired) electrons. The maximum atomic E-state index is 13.4. The lowest BCUT2D eigenvalue weighted by molar-refractivity contribution is -0.137. The van der Waals surface area contributed by atoms with Crippen molar-refractivity contribution in [3.8, 4) is 11.3 Å². The van der Waals surface area contributed by atoms with Crippen LogP contribution in [0.4, 0.5) is 17.6 Å². The molecule has 9 heteroatoms. The molecule has 0 saturated carbocycles. The number of aromatic nitrogens is 1. The third-order valence-electron chi connectivity index (χ3n) is 4.20. The highest BCUT2D eigenvalue weighted by molar-refractivity contribution is 6.36. The van der Waals surface area contributed by atoms with E-state index in [1.54, 1.807) is 6.07 Å². The Bertz CT molecular complexity index is 1070. The summed E-state index contributed by atoms with van der Waals surface area (Å²) in [5.41, 5.74) is 4.14. The summed E-state index contributed by atoms with van der Waals surface area (Å²) in [6.07, 6.45) is -4.80. The van der Waals surface area contributed by atoms with E-state index in [2.05, 4.69) is 4.98 Å². The molecule has 3 nitrogen and oxygen atoms in total. The number of nitrogens with zero attached hydrogens (tertiary/aromatic N) is 1. The molecule has 0 fully saturated rings. The van der Waals surface area contributed by atoms with E-state index in [0.29, 0.717) is 6.07 Å². The molecule has 29 heavy (non-hydrogen) atoms. The van der Waals surface area contributed by atoms with Crippen molar-refractivity contribution in [1.29, 1.82) is 0 Å². The van der Waals surface area contributed by atoms with E-state index in [9.17, 15) is 22.4 Å². The van der Waals surface area contributed by atoms with Gasteiger partial charge >= 0.3 is 6.18 Å². The maximum Gasteiger partial charge on any atom is 0.417 e. The normalized spacial score (nSPS) is 12.6. The van der Waals surface area contributed by atoms with Crippen LogP contribution < -0.4 is 5.73 Å². The van der Waals surface area contributed by atoms with Crippen LogP contribution in [0.15, 0.2) is 54.6 Å². The third-order valence-corrected chi connectivity index (χ3v) is 4.86. The molecule has 3 rings (SSSR count). The van der Waals surface area contributed by atoms with Crippen LogP contribution in [0, 0.1) is 5.82 Å². The van der Waals surface area contributed by atoms with Gasteiger partial charge in [0, 0.05) is 21.2 Å². The number of hydrogen-bond donors (Lipinski definition) is 1. The van der Waals surface area contributed by atoms with Crippen molar-refractivity contribution in [2.24, 2.45) is 5.73 Å². The lowest BCUT2D eigenvalue weighted by atomic mass is 9.93. The Morgan fingerprint density at radius 1 is 1.00 bits per heavy atom. The highest BCUT2D eigenvalue weighted by Crippen LogP contribution is 2.39. The van der Waals surface area contributed by atoms with Gasteiger partial charge in [-0.3, -0.25) is 9.78 Å². The molecule has 1 atom stereocenters. The van der Waals surface area contributed by atoms with Crippen molar-refractivity contribution < 1.29 is 22.4 Å². The summed E-state index contributed by atoms with van der Waals surface area (Å²) in [4.78, 5) is 16.3. The molecule has 1 unspecified atom stereocenters. The average Bonchev–Trinajstić information content (AvgIpc) is 2.64. The lowest BCUT2D eigenvalue weighted by Crippen LogP contribution is -2.24. The minimum Gasteiger partial charge on any atom is -0.369 e. The molecule has 150 valence electrons. The predicted molar refractivity (Wildman–Crippen MR) is 102 cm³/mol. The van der Waals surface area contributed by atoms with Gasteiger partial charge in [-0.05, 0) is 42.5 Å². The monoisotopic (exact) mass is 442 g/mol. The van der Waals surface area contributed by atoms with Gasteiger partial charge in [0.25, 0.3) is 0 Å². The Hall–Kier alpha value is -2.64. The van der Waals surface area contributed by atoms with Gasteiger partial charge in [0.05, 0.1) is 17.0 Å². The number of rotatable bonds is 4. The van der Waals surface area contributed by atoms with Crippen LogP contribution in [-0.4, -0.2) is 10.9 Å². The van der Waals surface area contributed by atoms with Crippen LogP contribution >= 0.6 is 23.2 Å². The molecule has 2 aromatic carbocycles. The van der Waals surface area contributed by atoms with Crippen molar-refractivity contribution in [1.82, 2.24) is 4.98 Å². The van der Waals surface area contributed by atoms with E-state index in [-0.39, 0.29) is 32.6 Å². The number of benzene rings is 2. The SMILES string of the molecule is NC(=O)C(c1cccc(-c2ccc(F)cc2C(F)(F)F)n1)c1c(Cl)cccc1Cl. The van der Waals surface area contributed by atoms with Crippen molar-refractivity contribution in [3.63, 3.8) is 0 Å². The lowest BCUT2D eigenvalue weighted by Gasteiger charge is -2.18. The zero-order valence-electron chi connectivity index (χ0n) is 14.5. The highest BCUT2D eigenvalue weighted by Gasteiger charge is 2.35. The number of halogens is 6. The van der Waals surface area contributed by atoms with Gasteiger partial charge in [-0.25, -0.2) is 4.39 Å². The number of alkyl halides is 3. The van der Waals surface area contributed by atoms with Crippen molar-refractivity contribution in [3.05, 3.63) is 87.3 Å². The van der Waals surface area contributed by atoms with Crippen LogP contribution in [0.2, 0.25) is 10.0 Å². The second-order valence-corrected chi connectivity index (χ2v) is 6.92. The van der Waals surface area contributed by atoms with Gasteiger partial charge in [0.2, 0.25) is 5.91 Å². The number of pyridine rings is 1. The van der Waals surface area contributed by atoms with Gasteiger partial charge in [0.15, 0.2) is 0 Å². The molecule has 1 heterocycles. The van der Waals surface area contributed by atoms with Gasteiger partial charge in [-0.2, -0.15) is 13.2 Å². The number of carbonyl (C=O) groups excluding carboxylic acids is 1. The van der Waals surface area contributed by atoms with Gasteiger partial charge in [-0.15, -0.1) is 0 Å². The molecular formula is C20H12Cl2F4N2O. The molecule has 0 aliphatic rings. The fourth-order valence-electron chi connectivity index (χ4n) is 2.96. The van der Waals surface area contributed by atoms with E-state index in [0.717, 1.165) is 12.1 Å². The first kappa shape index (κ1) is 21.1. The van der Waals surface area contributed by atoms with Gasteiger partial charge < -0.3 is 5.73 Å². The molecular weight excluding hydrogens is 431 g/mol. The van der Waals surface area contributed by atoms with E-state index < -0.39 is 29.4 Å². The first-order valence-electron chi connectivity index (χ1n) is 8.17. The second kappa shape index (κ2) is 8.00. The Morgan fingerprint density at radius 2 is 1.62 bits per heavy atom. The zero-order valence-corrected chi connectivity index (χ0v) is 16.0. The molecule has 0 aliphatic carbocycles. The van der Waals surface area contributed by atoms with Crippen LogP contribution in [-0.2, 0) is 11.0 Å². The molecule has 2 N–H and O–H groups in total. The van der Waals surface area contributed by atoms with Gasteiger partial charge in [-0.1, -0.05) is 35.3 Å². The molecule has 1 aromatic heterocycles. The molecule has 3 aromatic rings. The first-order valence-corrected chi connectivity index (χ1v) is 8.92. The van der Waals surface area contributed by atoms with Crippen LogP contribution in [0.25, 0.3) is 11.3 Å². The number of hydrogen-bond acceptors (Lipinski definition) is 2. The van der Waals surface area contributed by atoms with E-state index in [1.807, 2.05) is 0 Å². The average molecular weight is 443 g/mol. The second-order valence-electron chi connectivity index (χ2n) is 6.11. The Balaban J connectivity index is 2.19. The summed E-state index contributed by atoms with van der Waals surface area (Å²) in [6.45, 7) is 0. The molecule has 0 saturated heterocycles. The fraction of sp³-hybridized carbons (Fsp3) is 0.100. The van der Waals surface area contributed by atoms with Crippen LogP contribution in [0.5, 0.6) is 0 Å². The number of primary amides is 1. The van der Waals surface area contributed by atoms with E-state index in [1.165, 1.54) is 30.3 Å². The summed E-state index contributed by atoms with van der Waals surface area (Å²) >= 11 is 12.3. The minimum atomic E-state index is -4.80. The Labute approximate surface area is 173 Å². The highest BCUT2D eigenvalue weighted by atomic mass is 35.5. The molecule has 0 aliphatic heterocycles. The van der Waals surface area contributed by atoms with Gasteiger partial charge in [0.1, 0.15) is 11.7 Å². The smallest absolute Gasteiger partial charge is 0.369 e. The Morgan fingerprint density at radius 3 is 2.21 bits per heavy atom. The first-order chi connectivity index (χ1) is 13.6. The minimum absolute atomic E-state index is 0.0578. The molecule has 1 amide bonds. The topological polar surface area (TPSA) is 56.0 Å². The van der Waals surface area contributed by atoms with Crippen molar-refractivity contribution in [2.45, 2.75) is 12.1 Å². The predicted octanol–water partition coefficient (Wildman–Crippen LogP) is 5.83. The van der Waals surface area contributed by atoms with Crippen molar-refractivity contribution >= 4 is 29.1 Å². The van der Waals surface area contributed by atoms with Crippen LogP contribution in [0.3, 0.4) is 0 Å². The third kappa shape index (κ3) is 4.36. The summed E-state index contributed by atoms with van der Waals surface area (Å²) in [5.74, 6) is -3.05. The molecule has 0 spiro atoms. The zero-order chi connectivity index (χ0) is 21.3. The van der Waals surface area contributed by atoms with E-state index in [4.69, 9.17) is 28.9 Å². The summed E-state index contributed by atoms with van der Waals surface area (Å²) < 4.78 is 53.5. The summed E-state index contributed by atoms with van der Waals surface area (Å²) in [5, 5.41) is 0.317. The number of nitrogens with two attached hydrogens (primary N) is 1. The standard InChI is InChI=1S/C20H12Cl2F4N2O/c21-13-3-1-4-14(22)17(13)18(19(27)29)16-6-2-5-15(28-16)11-8-7-10(23)9-12(11)20(24,25)26/h1-9,18H,(H2,27,29). The summed E-state index contributed by atoms with van der Waals surface area (Å²) in [6, 6.07) is 11.0. The number of amides is 1. The maximum absolute atomic E-state index is 13.4. The van der Waals surface area contributed by atoms with Crippen molar-refractivity contribution in [2.75, 3.05) is 0 Å². The molecule has 0 bridgehead atoms. The Kier molecular flexibility index (Phi) is 5.82. The largest absolute Gasteiger partial charge is 0.417 e. The quantitative estimate of drug-likeness (QED) is 0.516. The fourth-order valence-corrected chi connectivity index (χ4v) is 3.57. The van der Waals surface area contributed by atoms with Crippen LogP contribution in [0.1, 0.15) is 22.7 Å². The van der Waals surface area contributed by atoms with E-state index >= 15 is 0 Å².